The van der Waals surface area contributed by atoms with Crippen LogP contribution in [0.5, 0.6) is 11.5 Å². The van der Waals surface area contributed by atoms with Gasteiger partial charge in [-0.05, 0) is 12.1 Å². The molecule has 0 aliphatic carbocycles. The Morgan fingerprint density at radius 1 is 1.24 bits per heavy atom. The van der Waals surface area contributed by atoms with E-state index in [-0.39, 0.29) is 0 Å². The zero-order valence-electron chi connectivity index (χ0n) is 9.77. The van der Waals surface area contributed by atoms with Crippen LogP contribution in [0.25, 0.3) is 0 Å². The molecule has 0 unspecified atom stereocenters. The number of nitrogens with zero attached hydrogens (tertiary/aromatic N) is 1. The normalized spacial score (nSPS) is 10.0. The summed E-state index contributed by atoms with van der Waals surface area (Å²) in [4.78, 5) is 5.22. The molecule has 90 valence electrons. The highest BCUT2D eigenvalue weighted by Gasteiger charge is 2.04. The van der Waals surface area contributed by atoms with Crippen LogP contribution >= 0.6 is 11.3 Å². The van der Waals surface area contributed by atoms with Crippen LogP contribution in [0.15, 0.2) is 29.9 Å². The van der Waals surface area contributed by atoms with Gasteiger partial charge in [0.1, 0.15) is 0 Å². The lowest BCUT2D eigenvalue weighted by Gasteiger charge is -2.10. The summed E-state index contributed by atoms with van der Waals surface area (Å²) in [5.41, 5.74) is 2.82. The van der Waals surface area contributed by atoms with E-state index in [1.807, 2.05) is 29.9 Å². The molecule has 0 saturated carbocycles. The highest BCUT2D eigenvalue weighted by Crippen LogP contribution is 2.29. The van der Waals surface area contributed by atoms with E-state index in [2.05, 4.69) is 10.3 Å². The van der Waals surface area contributed by atoms with Gasteiger partial charge in [0, 0.05) is 22.8 Å². The Balaban J connectivity index is 2.06. The van der Waals surface area contributed by atoms with Crippen LogP contribution in [-0.4, -0.2) is 19.2 Å². The number of anilines is 1. The number of hydrogen-bond acceptors (Lipinski definition) is 5. The second kappa shape index (κ2) is 5.54. The fourth-order valence-electron chi connectivity index (χ4n) is 1.46. The number of methoxy groups -OCH3 is 2. The van der Waals surface area contributed by atoms with Gasteiger partial charge in [-0.2, -0.15) is 0 Å². The number of benzene rings is 1. The van der Waals surface area contributed by atoms with Crippen LogP contribution in [-0.2, 0) is 6.54 Å². The third kappa shape index (κ3) is 2.88. The molecule has 0 fully saturated rings. The Labute approximate surface area is 104 Å². The Kier molecular flexibility index (Phi) is 3.82. The second-order valence-electron chi connectivity index (χ2n) is 3.39. The Morgan fingerprint density at radius 3 is 2.71 bits per heavy atom. The van der Waals surface area contributed by atoms with Crippen LogP contribution in [0.3, 0.4) is 0 Å². The predicted molar refractivity (Wildman–Crippen MR) is 69.0 cm³/mol. The molecule has 0 aliphatic heterocycles. The van der Waals surface area contributed by atoms with Gasteiger partial charge in [0.2, 0.25) is 0 Å². The summed E-state index contributed by atoms with van der Waals surface area (Å²) >= 11 is 1.63. The third-order valence-corrected chi connectivity index (χ3v) is 3.11. The van der Waals surface area contributed by atoms with Gasteiger partial charge in [-0.3, -0.25) is 4.98 Å². The van der Waals surface area contributed by atoms with E-state index in [4.69, 9.17) is 9.47 Å². The number of aromatic nitrogens is 1. The minimum Gasteiger partial charge on any atom is -0.493 e. The molecule has 17 heavy (non-hydrogen) atoms. The maximum Gasteiger partial charge on any atom is 0.162 e. The topological polar surface area (TPSA) is 43.4 Å². The molecule has 0 atom stereocenters. The van der Waals surface area contributed by atoms with Crippen molar-refractivity contribution in [3.8, 4) is 11.5 Å². The lowest BCUT2D eigenvalue weighted by Crippen LogP contribution is -1.98. The molecule has 0 amide bonds. The molecule has 0 saturated heterocycles. The van der Waals surface area contributed by atoms with Crippen molar-refractivity contribution in [2.75, 3.05) is 19.5 Å². The van der Waals surface area contributed by atoms with Crippen molar-refractivity contribution in [3.63, 3.8) is 0 Å². The summed E-state index contributed by atoms with van der Waals surface area (Å²) in [6, 6.07) is 5.76. The van der Waals surface area contributed by atoms with Crippen LogP contribution in [0.4, 0.5) is 5.69 Å². The van der Waals surface area contributed by atoms with Crippen molar-refractivity contribution in [1.82, 2.24) is 4.98 Å². The summed E-state index contributed by atoms with van der Waals surface area (Å²) in [6.45, 7) is 0.764. The Hall–Kier alpha value is -1.75. The lowest BCUT2D eigenvalue weighted by atomic mass is 10.2. The number of thiazole rings is 1. The van der Waals surface area contributed by atoms with Crippen molar-refractivity contribution in [2.24, 2.45) is 0 Å². The van der Waals surface area contributed by atoms with Crippen LogP contribution in [0.2, 0.25) is 0 Å². The molecule has 2 rings (SSSR count). The first-order valence-electron chi connectivity index (χ1n) is 5.16. The van der Waals surface area contributed by atoms with Crippen molar-refractivity contribution in [3.05, 3.63) is 34.8 Å². The zero-order chi connectivity index (χ0) is 12.1. The molecule has 1 N–H and O–H groups in total. The SMILES string of the molecule is COc1ccc(NCc2cncs2)cc1OC. The molecule has 0 radical (unpaired) electrons. The van der Waals surface area contributed by atoms with Gasteiger partial charge >= 0.3 is 0 Å². The van der Waals surface area contributed by atoms with Gasteiger partial charge in [-0.25, -0.2) is 0 Å². The average Bonchev–Trinajstić information content (AvgIpc) is 2.89. The largest absolute Gasteiger partial charge is 0.493 e. The van der Waals surface area contributed by atoms with E-state index in [9.17, 15) is 0 Å². The van der Waals surface area contributed by atoms with E-state index >= 15 is 0 Å². The van der Waals surface area contributed by atoms with Gasteiger partial charge in [0.15, 0.2) is 11.5 Å². The van der Waals surface area contributed by atoms with Gasteiger partial charge in [0.25, 0.3) is 0 Å². The van der Waals surface area contributed by atoms with E-state index in [1.165, 1.54) is 4.88 Å². The van der Waals surface area contributed by atoms with Crippen molar-refractivity contribution < 1.29 is 9.47 Å². The van der Waals surface area contributed by atoms with Crippen molar-refractivity contribution >= 4 is 17.0 Å². The molecule has 1 aromatic carbocycles. The maximum absolute atomic E-state index is 5.24. The van der Waals surface area contributed by atoms with Gasteiger partial charge < -0.3 is 14.8 Å². The maximum atomic E-state index is 5.24. The van der Waals surface area contributed by atoms with Gasteiger partial charge in [-0.1, -0.05) is 0 Å². The zero-order valence-corrected chi connectivity index (χ0v) is 10.6. The predicted octanol–water partition coefficient (Wildman–Crippen LogP) is 2.77. The smallest absolute Gasteiger partial charge is 0.162 e. The molecule has 1 aromatic heterocycles. The standard InChI is InChI=1S/C12H14N2O2S/c1-15-11-4-3-9(5-12(11)16-2)14-7-10-6-13-8-17-10/h3-6,8,14H,7H2,1-2H3. The highest BCUT2D eigenvalue weighted by atomic mass is 32.1. The molecule has 0 aliphatic rings. The first kappa shape index (κ1) is 11.7. The number of rotatable bonds is 5. The average molecular weight is 250 g/mol. The van der Waals surface area contributed by atoms with Crippen LogP contribution in [0, 0.1) is 0 Å². The van der Waals surface area contributed by atoms with E-state index < -0.39 is 0 Å². The highest BCUT2D eigenvalue weighted by molar-refractivity contribution is 7.09. The quantitative estimate of drug-likeness (QED) is 0.886. The van der Waals surface area contributed by atoms with E-state index in [1.54, 1.807) is 25.6 Å². The first-order valence-corrected chi connectivity index (χ1v) is 6.04. The third-order valence-electron chi connectivity index (χ3n) is 2.33. The molecule has 0 spiro atoms. The molecular weight excluding hydrogens is 236 g/mol. The van der Waals surface area contributed by atoms with Gasteiger partial charge in [0.05, 0.1) is 26.3 Å². The molecular formula is C12H14N2O2S. The van der Waals surface area contributed by atoms with E-state index in [0.29, 0.717) is 0 Å². The number of nitrogens with one attached hydrogen (secondary N) is 1. The summed E-state index contributed by atoms with van der Waals surface area (Å²) in [6.07, 6.45) is 1.86. The number of ether oxygens (including phenoxy) is 2. The van der Waals surface area contributed by atoms with Crippen molar-refractivity contribution in [2.45, 2.75) is 6.54 Å². The monoisotopic (exact) mass is 250 g/mol. The summed E-state index contributed by atoms with van der Waals surface area (Å²) < 4.78 is 10.4. The second-order valence-corrected chi connectivity index (χ2v) is 4.36. The fourth-order valence-corrected chi connectivity index (χ4v) is 2.00. The molecule has 1 heterocycles. The molecule has 2 aromatic rings. The van der Waals surface area contributed by atoms with Gasteiger partial charge in [-0.15, -0.1) is 11.3 Å². The molecule has 0 bridgehead atoms. The van der Waals surface area contributed by atoms with Crippen LogP contribution in [0.1, 0.15) is 4.88 Å². The summed E-state index contributed by atoms with van der Waals surface area (Å²) in [5.74, 6) is 1.46. The number of hydrogen-bond donors (Lipinski definition) is 1. The Bertz CT molecular complexity index is 471. The lowest BCUT2D eigenvalue weighted by molar-refractivity contribution is 0.355. The molecule has 5 heteroatoms. The Morgan fingerprint density at radius 2 is 2.06 bits per heavy atom. The summed E-state index contributed by atoms with van der Waals surface area (Å²) in [7, 11) is 3.26. The van der Waals surface area contributed by atoms with Crippen molar-refractivity contribution in [1.29, 1.82) is 0 Å². The minimum atomic E-state index is 0.724. The summed E-state index contributed by atoms with van der Waals surface area (Å²) in [5, 5.41) is 3.31. The van der Waals surface area contributed by atoms with Crippen LogP contribution < -0.4 is 14.8 Å². The first-order chi connectivity index (χ1) is 8.33. The minimum absolute atomic E-state index is 0.724. The van der Waals surface area contributed by atoms with E-state index in [0.717, 1.165) is 23.7 Å². The fraction of sp³-hybridized carbons (Fsp3) is 0.250. The molecule has 4 nitrogen and oxygen atoms in total.